The summed E-state index contributed by atoms with van der Waals surface area (Å²) in [4.78, 5) is 40.5. The second-order valence-electron chi connectivity index (χ2n) is 11.3. The molecule has 1 aliphatic heterocycles. The maximum absolute atomic E-state index is 13.8. The molecule has 1 spiro atoms. The number of benzene rings is 2. The second kappa shape index (κ2) is 8.79. The lowest BCUT2D eigenvalue weighted by molar-refractivity contribution is -0.123. The molecule has 3 heterocycles. The van der Waals surface area contributed by atoms with Crippen molar-refractivity contribution in [3.05, 3.63) is 70.3 Å². The lowest BCUT2D eigenvalue weighted by Crippen LogP contribution is -2.40. The van der Waals surface area contributed by atoms with Gasteiger partial charge in [-0.25, -0.2) is 9.89 Å². The van der Waals surface area contributed by atoms with Crippen LogP contribution in [0, 0.1) is 5.41 Å². The highest BCUT2D eigenvalue weighted by Crippen LogP contribution is 2.56. The van der Waals surface area contributed by atoms with E-state index in [1.165, 1.54) is 0 Å². The molecular weight excluding hydrogens is 496 g/mol. The van der Waals surface area contributed by atoms with Gasteiger partial charge in [-0.2, -0.15) is 10.2 Å². The minimum absolute atomic E-state index is 0.0616. The van der Waals surface area contributed by atoms with Crippen LogP contribution in [0.15, 0.2) is 53.5 Å². The first-order valence-corrected chi connectivity index (χ1v) is 13.0. The summed E-state index contributed by atoms with van der Waals surface area (Å²) >= 11 is 0. The highest BCUT2D eigenvalue weighted by atomic mass is 16.6. The molecule has 2 aromatic carbocycles. The fourth-order valence-corrected chi connectivity index (χ4v) is 5.31. The second-order valence-corrected chi connectivity index (χ2v) is 11.3. The van der Waals surface area contributed by atoms with E-state index in [2.05, 4.69) is 26.7 Å². The summed E-state index contributed by atoms with van der Waals surface area (Å²) in [6.07, 6.45) is 3.67. The Hall–Kier alpha value is -4.47. The quantitative estimate of drug-likeness (QED) is 0.408. The van der Waals surface area contributed by atoms with Crippen LogP contribution >= 0.6 is 0 Å². The van der Waals surface area contributed by atoms with Gasteiger partial charge in [0.2, 0.25) is 5.91 Å². The van der Waals surface area contributed by atoms with Crippen LogP contribution in [0.2, 0.25) is 0 Å². The van der Waals surface area contributed by atoms with Crippen LogP contribution in [-0.4, -0.2) is 37.6 Å². The lowest BCUT2D eigenvalue weighted by Gasteiger charge is -2.34. The number of para-hydroxylation sites is 1. The molecule has 1 aliphatic carbocycles. The predicted octanol–water partition coefficient (Wildman–Crippen LogP) is 4.35. The number of aromatic nitrogens is 4. The van der Waals surface area contributed by atoms with Crippen molar-refractivity contribution in [3.63, 3.8) is 0 Å². The summed E-state index contributed by atoms with van der Waals surface area (Å²) in [5.74, 6) is 0.760. The van der Waals surface area contributed by atoms with Crippen molar-refractivity contribution in [2.75, 3.05) is 4.90 Å². The molecule has 0 unspecified atom stereocenters. The summed E-state index contributed by atoms with van der Waals surface area (Å²) in [6, 6.07) is 13.4. The molecular formula is C29H30N6O4. The number of anilines is 2. The summed E-state index contributed by atoms with van der Waals surface area (Å²) in [5.41, 5.74) is 2.70. The van der Waals surface area contributed by atoms with Crippen molar-refractivity contribution < 1.29 is 14.3 Å². The SMILES string of the molecule is Cn1ncc(-c2ccc3c(=O)[nH]nc(CNC(=O)OC(C)(C)C)c3c2)c1N1C(=O)C2(CC2)Cc2ccccc21. The monoisotopic (exact) mass is 526 g/mol. The van der Waals surface area contributed by atoms with E-state index in [0.29, 0.717) is 22.3 Å². The molecule has 200 valence electrons. The van der Waals surface area contributed by atoms with Crippen LogP contribution in [-0.2, 0) is 29.5 Å². The van der Waals surface area contributed by atoms with Gasteiger partial charge in [0.25, 0.3) is 5.56 Å². The minimum atomic E-state index is -0.641. The van der Waals surface area contributed by atoms with Crippen LogP contribution in [0.5, 0.6) is 0 Å². The summed E-state index contributed by atoms with van der Waals surface area (Å²) < 4.78 is 7.06. The number of rotatable bonds is 4. The number of amides is 2. The van der Waals surface area contributed by atoms with E-state index < -0.39 is 11.7 Å². The molecule has 0 saturated heterocycles. The zero-order valence-electron chi connectivity index (χ0n) is 22.4. The zero-order chi connectivity index (χ0) is 27.5. The van der Waals surface area contributed by atoms with Crippen LogP contribution < -0.4 is 15.8 Å². The van der Waals surface area contributed by atoms with Crippen LogP contribution in [0.25, 0.3) is 21.9 Å². The topological polar surface area (TPSA) is 122 Å². The number of nitrogens with zero attached hydrogens (tertiary/aromatic N) is 4. The predicted molar refractivity (Wildman–Crippen MR) is 147 cm³/mol. The number of carbonyl (C=O) groups excluding carboxylic acids is 2. The van der Waals surface area contributed by atoms with Crippen molar-refractivity contribution in [3.8, 4) is 11.1 Å². The van der Waals surface area contributed by atoms with Crippen LogP contribution in [0.3, 0.4) is 0 Å². The number of alkyl carbamates (subject to hydrolysis) is 1. The van der Waals surface area contributed by atoms with Gasteiger partial charge in [0, 0.05) is 18.0 Å². The molecule has 2 aliphatic rings. The molecule has 10 heteroatoms. The van der Waals surface area contributed by atoms with Gasteiger partial charge in [-0.3, -0.25) is 19.2 Å². The van der Waals surface area contributed by atoms with Crippen LogP contribution in [0.1, 0.15) is 44.9 Å². The Balaban J connectivity index is 1.43. The smallest absolute Gasteiger partial charge is 0.407 e. The van der Waals surface area contributed by atoms with Gasteiger partial charge >= 0.3 is 6.09 Å². The highest BCUT2D eigenvalue weighted by Gasteiger charge is 2.55. The highest BCUT2D eigenvalue weighted by molar-refractivity contribution is 6.09. The first kappa shape index (κ1) is 24.8. The van der Waals surface area contributed by atoms with Crippen molar-refractivity contribution in [2.45, 2.75) is 52.2 Å². The Morgan fingerprint density at radius 1 is 1.13 bits per heavy atom. The molecule has 10 nitrogen and oxygen atoms in total. The third-order valence-electron chi connectivity index (χ3n) is 7.37. The number of hydrogen-bond donors (Lipinski definition) is 2. The number of carbonyl (C=O) groups is 2. The average molecular weight is 527 g/mol. The number of ether oxygens (including phenoxy) is 1. The maximum Gasteiger partial charge on any atom is 0.407 e. The van der Waals surface area contributed by atoms with E-state index in [-0.39, 0.29) is 23.4 Å². The number of hydrogen-bond acceptors (Lipinski definition) is 6. The molecule has 1 fully saturated rings. The Morgan fingerprint density at radius 3 is 2.64 bits per heavy atom. The van der Waals surface area contributed by atoms with E-state index in [1.807, 2.05) is 37.4 Å². The Kier molecular flexibility index (Phi) is 5.60. The number of H-pyrrole nitrogens is 1. The van der Waals surface area contributed by atoms with E-state index in [0.717, 1.165) is 41.6 Å². The van der Waals surface area contributed by atoms with E-state index in [4.69, 9.17) is 4.74 Å². The van der Waals surface area contributed by atoms with Gasteiger partial charge < -0.3 is 10.1 Å². The fraction of sp³-hybridized carbons (Fsp3) is 0.345. The Labute approximate surface area is 225 Å². The molecule has 2 aromatic heterocycles. The average Bonchev–Trinajstić information content (AvgIpc) is 3.56. The van der Waals surface area contributed by atoms with Crippen molar-refractivity contribution in [1.82, 2.24) is 25.3 Å². The largest absolute Gasteiger partial charge is 0.444 e. The van der Waals surface area contributed by atoms with Gasteiger partial charge in [0.05, 0.1) is 34.9 Å². The molecule has 1 saturated carbocycles. The Morgan fingerprint density at radius 2 is 1.90 bits per heavy atom. The van der Waals surface area contributed by atoms with Gasteiger partial charge in [0.1, 0.15) is 11.4 Å². The summed E-state index contributed by atoms with van der Waals surface area (Å²) in [6.45, 7) is 5.42. The maximum atomic E-state index is 13.8. The van der Waals surface area contributed by atoms with E-state index >= 15 is 0 Å². The number of aryl methyl sites for hydroxylation is 1. The van der Waals surface area contributed by atoms with Crippen LogP contribution in [0.4, 0.5) is 16.3 Å². The zero-order valence-corrected chi connectivity index (χ0v) is 22.4. The van der Waals surface area contributed by atoms with Crippen molar-refractivity contribution in [1.29, 1.82) is 0 Å². The number of fused-ring (bicyclic) bond motifs is 2. The number of nitrogens with one attached hydrogen (secondary N) is 2. The molecule has 39 heavy (non-hydrogen) atoms. The van der Waals surface area contributed by atoms with Gasteiger partial charge in [-0.15, -0.1) is 0 Å². The Bertz CT molecular complexity index is 1690. The molecule has 0 atom stereocenters. The third kappa shape index (κ3) is 4.35. The molecule has 4 aromatic rings. The summed E-state index contributed by atoms with van der Waals surface area (Å²) in [7, 11) is 1.83. The fourth-order valence-electron chi connectivity index (χ4n) is 5.31. The molecule has 6 rings (SSSR count). The van der Waals surface area contributed by atoms with Gasteiger partial charge in [-0.05, 0) is 69.4 Å². The van der Waals surface area contributed by atoms with Crippen molar-refractivity contribution >= 4 is 34.3 Å². The molecule has 0 bridgehead atoms. The molecule has 2 amide bonds. The number of aromatic amines is 1. The lowest BCUT2D eigenvalue weighted by atomic mass is 9.88. The normalized spacial score (nSPS) is 15.9. The first-order chi connectivity index (χ1) is 18.6. The third-order valence-corrected chi connectivity index (χ3v) is 7.37. The van der Waals surface area contributed by atoms with E-state index in [9.17, 15) is 14.4 Å². The van der Waals surface area contributed by atoms with E-state index in [1.54, 1.807) is 42.6 Å². The van der Waals surface area contributed by atoms with Gasteiger partial charge in [-0.1, -0.05) is 24.3 Å². The van der Waals surface area contributed by atoms with Gasteiger partial charge in [0.15, 0.2) is 0 Å². The molecule has 2 N–H and O–H groups in total. The minimum Gasteiger partial charge on any atom is -0.444 e. The van der Waals surface area contributed by atoms with Crippen molar-refractivity contribution in [2.24, 2.45) is 12.5 Å². The first-order valence-electron chi connectivity index (χ1n) is 13.0. The molecule has 0 radical (unpaired) electrons. The summed E-state index contributed by atoms with van der Waals surface area (Å²) in [5, 5.41) is 15.0. The standard InChI is InChI=1S/C29H30N6O4/c1-28(2,3)39-27(38)30-16-22-20-13-17(9-10-19(20)24(36)33-32-22)21-15-31-34(4)25(21)35-23-8-6-5-7-18(23)14-29(11-12-29)26(35)37/h5-10,13,15H,11-12,14,16H2,1-4H3,(H,30,38)(H,33,36).